The van der Waals surface area contributed by atoms with Gasteiger partial charge < -0.3 is 15.0 Å². The maximum Gasteiger partial charge on any atom is 0.230 e. The third-order valence-corrected chi connectivity index (χ3v) is 5.82. The Morgan fingerprint density at radius 3 is 2.63 bits per heavy atom. The Hall–Kier alpha value is -3.33. The van der Waals surface area contributed by atoms with Crippen LogP contribution in [0, 0.1) is 5.82 Å². The van der Waals surface area contributed by atoms with Crippen molar-refractivity contribution < 1.29 is 18.7 Å². The maximum atomic E-state index is 13.1. The third-order valence-electron chi connectivity index (χ3n) is 4.82. The first-order valence-corrected chi connectivity index (χ1v) is 10.2. The van der Waals surface area contributed by atoms with Gasteiger partial charge >= 0.3 is 0 Å². The van der Waals surface area contributed by atoms with Crippen molar-refractivity contribution in [1.82, 2.24) is 10.2 Å². The minimum Gasteiger partial charge on any atom is -0.497 e. The van der Waals surface area contributed by atoms with Crippen LogP contribution in [0.1, 0.15) is 22.9 Å². The quantitative estimate of drug-likeness (QED) is 0.653. The zero-order valence-electron chi connectivity index (χ0n) is 16.2. The molecule has 1 saturated heterocycles. The first-order valence-electron chi connectivity index (χ1n) is 9.34. The summed E-state index contributed by atoms with van der Waals surface area (Å²) in [6.45, 7) is 0.443. The van der Waals surface area contributed by atoms with Gasteiger partial charge in [-0.2, -0.15) is 0 Å². The van der Waals surface area contributed by atoms with Crippen LogP contribution >= 0.6 is 11.3 Å². The second-order valence-electron chi connectivity index (χ2n) is 6.90. The zero-order valence-corrected chi connectivity index (χ0v) is 17.0. The average molecular weight is 426 g/mol. The number of halogens is 1. The highest BCUT2D eigenvalue weighted by Gasteiger charge is 2.34. The maximum absolute atomic E-state index is 13.1. The number of aromatic nitrogens is 2. The van der Waals surface area contributed by atoms with E-state index < -0.39 is 0 Å². The fourth-order valence-corrected chi connectivity index (χ4v) is 4.14. The predicted molar refractivity (Wildman–Crippen MR) is 111 cm³/mol. The lowest BCUT2D eigenvalue weighted by atomic mass is 10.1. The Balaban J connectivity index is 1.37. The van der Waals surface area contributed by atoms with Crippen LogP contribution in [-0.4, -0.2) is 35.7 Å². The van der Waals surface area contributed by atoms with Crippen LogP contribution in [0.3, 0.4) is 0 Å². The normalized spacial score (nSPS) is 16.0. The lowest BCUT2D eigenvalue weighted by molar-refractivity contribution is -0.117. The van der Waals surface area contributed by atoms with E-state index in [1.165, 1.54) is 23.5 Å². The zero-order chi connectivity index (χ0) is 21.1. The van der Waals surface area contributed by atoms with E-state index in [0.717, 1.165) is 11.3 Å². The summed E-state index contributed by atoms with van der Waals surface area (Å²) >= 11 is 1.26. The molecule has 9 heteroatoms. The van der Waals surface area contributed by atoms with Crippen molar-refractivity contribution in [3.8, 4) is 5.75 Å². The lowest BCUT2D eigenvalue weighted by Gasteiger charge is -2.16. The van der Waals surface area contributed by atoms with Crippen molar-refractivity contribution in [1.29, 1.82) is 0 Å². The number of carbonyl (C=O) groups is 2. The molecule has 7 nitrogen and oxygen atoms in total. The van der Waals surface area contributed by atoms with Crippen LogP contribution in [0.25, 0.3) is 0 Å². The molecule has 0 bridgehead atoms. The monoisotopic (exact) mass is 426 g/mol. The molecule has 1 aliphatic heterocycles. The first-order chi connectivity index (χ1) is 14.5. The van der Waals surface area contributed by atoms with Gasteiger partial charge in [-0.05, 0) is 42.0 Å². The Morgan fingerprint density at radius 2 is 1.93 bits per heavy atom. The topological polar surface area (TPSA) is 84.4 Å². The summed E-state index contributed by atoms with van der Waals surface area (Å²) in [7, 11) is 1.59. The highest BCUT2D eigenvalue weighted by molar-refractivity contribution is 7.15. The minimum absolute atomic E-state index is 0.0492. The van der Waals surface area contributed by atoms with E-state index in [-0.39, 0.29) is 30.0 Å². The Morgan fingerprint density at radius 1 is 1.20 bits per heavy atom. The molecule has 4 rings (SSSR count). The minimum atomic E-state index is -0.346. The van der Waals surface area contributed by atoms with Crippen LogP contribution < -0.4 is 15.0 Å². The number of ether oxygens (including phenoxy) is 1. The molecule has 0 aliphatic carbocycles. The Labute approximate surface area is 176 Å². The van der Waals surface area contributed by atoms with E-state index in [1.807, 2.05) is 12.1 Å². The van der Waals surface area contributed by atoms with E-state index in [2.05, 4.69) is 15.5 Å². The molecule has 3 aromatic rings. The largest absolute Gasteiger partial charge is 0.497 e. The molecule has 0 saturated carbocycles. The van der Waals surface area contributed by atoms with Crippen LogP contribution in [-0.2, 0) is 16.0 Å². The summed E-state index contributed by atoms with van der Waals surface area (Å²) in [6, 6.07) is 13.1. The van der Waals surface area contributed by atoms with Crippen LogP contribution in [0.5, 0.6) is 5.75 Å². The number of hydrogen-bond acceptors (Lipinski definition) is 6. The summed E-state index contributed by atoms with van der Waals surface area (Å²) in [5.74, 6) is 0.0207. The Bertz CT molecular complexity index is 1050. The van der Waals surface area contributed by atoms with Gasteiger partial charge in [0.1, 0.15) is 16.6 Å². The van der Waals surface area contributed by atoms with E-state index in [4.69, 9.17) is 4.74 Å². The van der Waals surface area contributed by atoms with Gasteiger partial charge in [-0.25, -0.2) is 4.39 Å². The van der Waals surface area contributed by atoms with Gasteiger partial charge in [0.25, 0.3) is 0 Å². The molecule has 2 heterocycles. The molecule has 2 aromatic carbocycles. The molecule has 1 fully saturated rings. The first kappa shape index (κ1) is 20.0. The SMILES string of the molecule is COc1ccc(CC(=O)Nc2nnc(C3CC(=O)N(c4ccc(F)cc4)C3)s2)cc1. The molecule has 1 aromatic heterocycles. The number of amides is 2. The molecular weight excluding hydrogens is 407 g/mol. The summed E-state index contributed by atoms with van der Waals surface area (Å²) in [5.41, 5.74) is 1.51. The van der Waals surface area contributed by atoms with Crippen molar-refractivity contribution >= 4 is 34.0 Å². The molecular formula is C21H19FN4O3S. The molecule has 1 N–H and O–H groups in total. The number of carbonyl (C=O) groups excluding carboxylic acids is 2. The molecule has 1 aliphatic rings. The van der Waals surface area contributed by atoms with E-state index >= 15 is 0 Å². The number of hydrogen-bond donors (Lipinski definition) is 1. The molecule has 1 unspecified atom stereocenters. The van der Waals surface area contributed by atoms with Gasteiger partial charge in [-0.1, -0.05) is 23.5 Å². The highest BCUT2D eigenvalue weighted by atomic mass is 32.1. The fourth-order valence-electron chi connectivity index (χ4n) is 3.29. The smallest absolute Gasteiger partial charge is 0.230 e. The van der Waals surface area contributed by atoms with Gasteiger partial charge in [0.05, 0.1) is 13.5 Å². The van der Waals surface area contributed by atoms with Gasteiger partial charge in [0.15, 0.2) is 0 Å². The average Bonchev–Trinajstić information content (AvgIpc) is 3.36. The molecule has 154 valence electrons. The fraction of sp³-hybridized carbons (Fsp3) is 0.238. The van der Waals surface area contributed by atoms with Crippen molar-refractivity contribution in [2.75, 3.05) is 23.9 Å². The Kier molecular flexibility index (Phi) is 5.71. The van der Waals surface area contributed by atoms with Crippen LogP contribution in [0.2, 0.25) is 0 Å². The van der Waals surface area contributed by atoms with E-state index in [9.17, 15) is 14.0 Å². The number of rotatable bonds is 6. The van der Waals surface area contributed by atoms with E-state index in [0.29, 0.717) is 28.8 Å². The van der Waals surface area contributed by atoms with Gasteiger partial charge in [-0.3, -0.25) is 9.59 Å². The van der Waals surface area contributed by atoms with Gasteiger partial charge in [-0.15, -0.1) is 10.2 Å². The molecule has 0 radical (unpaired) electrons. The summed E-state index contributed by atoms with van der Waals surface area (Å²) in [4.78, 5) is 26.3. The van der Waals surface area contributed by atoms with Gasteiger partial charge in [0, 0.05) is 24.6 Å². The predicted octanol–water partition coefficient (Wildman–Crippen LogP) is 3.39. The number of anilines is 2. The van der Waals surface area contributed by atoms with Crippen LogP contribution in [0.15, 0.2) is 48.5 Å². The number of nitrogens with zero attached hydrogens (tertiary/aromatic N) is 3. The second-order valence-corrected chi connectivity index (χ2v) is 7.91. The van der Waals surface area contributed by atoms with Crippen LogP contribution in [0.4, 0.5) is 15.2 Å². The summed E-state index contributed by atoms with van der Waals surface area (Å²) in [5, 5.41) is 12.0. The molecule has 1 atom stereocenters. The number of methoxy groups -OCH3 is 1. The van der Waals surface area contributed by atoms with Crippen molar-refractivity contribution in [2.45, 2.75) is 18.8 Å². The molecule has 30 heavy (non-hydrogen) atoms. The molecule has 0 spiro atoms. The van der Waals surface area contributed by atoms with Crippen molar-refractivity contribution in [3.05, 3.63) is 64.9 Å². The third kappa shape index (κ3) is 4.46. The van der Waals surface area contributed by atoms with E-state index in [1.54, 1.807) is 36.3 Å². The second kappa shape index (κ2) is 8.58. The lowest BCUT2D eigenvalue weighted by Crippen LogP contribution is -2.24. The molecule has 2 amide bonds. The highest BCUT2D eigenvalue weighted by Crippen LogP contribution is 2.34. The van der Waals surface area contributed by atoms with Crippen molar-refractivity contribution in [3.63, 3.8) is 0 Å². The van der Waals surface area contributed by atoms with Crippen molar-refractivity contribution in [2.24, 2.45) is 0 Å². The van der Waals surface area contributed by atoms with Gasteiger partial charge in [0.2, 0.25) is 16.9 Å². The summed E-state index contributed by atoms with van der Waals surface area (Å²) in [6.07, 6.45) is 0.505. The number of benzene rings is 2. The number of nitrogens with one attached hydrogen (secondary N) is 1. The summed E-state index contributed by atoms with van der Waals surface area (Å²) < 4.78 is 18.2. The standard InChI is InChI=1S/C21H19FN4O3S/c1-29-17-8-2-13(3-9-17)10-18(27)23-21-25-24-20(30-21)14-11-19(28)26(12-14)16-6-4-15(22)5-7-16/h2-9,14H,10-12H2,1H3,(H,23,25,27).